The first-order valence-corrected chi connectivity index (χ1v) is 6.46. The topological polar surface area (TPSA) is 72.9 Å². The summed E-state index contributed by atoms with van der Waals surface area (Å²) >= 11 is 0. The van der Waals surface area contributed by atoms with Crippen LogP contribution in [0.4, 0.5) is 4.79 Å². The Hall–Kier alpha value is -1.30. The lowest BCUT2D eigenvalue weighted by Crippen LogP contribution is -2.53. The molecule has 1 aliphatic rings. The van der Waals surface area contributed by atoms with Crippen molar-refractivity contribution in [2.75, 3.05) is 26.7 Å². The number of carboxylic acids is 1. The van der Waals surface area contributed by atoms with E-state index in [1.54, 1.807) is 11.9 Å². The van der Waals surface area contributed by atoms with Crippen LogP contribution in [0.3, 0.4) is 0 Å². The molecule has 6 nitrogen and oxygen atoms in total. The number of rotatable bonds is 4. The van der Waals surface area contributed by atoms with Crippen LogP contribution in [0.2, 0.25) is 0 Å². The largest absolute Gasteiger partial charge is 0.480 e. The monoisotopic (exact) mass is 257 g/mol. The van der Waals surface area contributed by atoms with Crippen LogP contribution >= 0.6 is 0 Å². The summed E-state index contributed by atoms with van der Waals surface area (Å²) in [5.41, 5.74) is 0. The van der Waals surface area contributed by atoms with Gasteiger partial charge in [0.25, 0.3) is 0 Å². The lowest BCUT2D eigenvalue weighted by Gasteiger charge is -2.37. The van der Waals surface area contributed by atoms with Crippen LogP contribution < -0.4 is 5.32 Å². The van der Waals surface area contributed by atoms with Crippen LogP contribution in [0.5, 0.6) is 0 Å². The van der Waals surface area contributed by atoms with E-state index in [9.17, 15) is 9.59 Å². The zero-order valence-electron chi connectivity index (χ0n) is 11.3. The molecule has 0 saturated carbocycles. The van der Waals surface area contributed by atoms with Gasteiger partial charge >= 0.3 is 12.0 Å². The number of carboxylic acid groups (broad SMARTS) is 1. The molecule has 1 aliphatic heterocycles. The number of hydrogen-bond donors (Lipinski definition) is 2. The van der Waals surface area contributed by atoms with Crippen molar-refractivity contribution >= 4 is 12.0 Å². The molecule has 0 aromatic rings. The summed E-state index contributed by atoms with van der Waals surface area (Å²) in [5, 5.41) is 12.2. The first-order chi connectivity index (χ1) is 8.49. The fourth-order valence-electron chi connectivity index (χ4n) is 2.20. The summed E-state index contributed by atoms with van der Waals surface area (Å²) < 4.78 is 0. The van der Waals surface area contributed by atoms with E-state index in [0.29, 0.717) is 6.54 Å². The molecule has 104 valence electrons. The van der Waals surface area contributed by atoms with Crippen molar-refractivity contribution in [1.82, 2.24) is 15.1 Å². The van der Waals surface area contributed by atoms with Crippen LogP contribution in [-0.4, -0.2) is 65.7 Å². The maximum atomic E-state index is 12.3. The first-order valence-electron chi connectivity index (χ1n) is 6.46. The Balaban J connectivity index is 2.68. The first kappa shape index (κ1) is 14.8. The van der Waals surface area contributed by atoms with Crippen LogP contribution in [-0.2, 0) is 4.79 Å². The molecule has 0 aromatic carbocycles. The second kappa shape index (κ2) is 6.58. The molecule has 0 spiro atoms. The van der Waals surface area contributed by atoms with Gasteiger partial charge in [0, 0.05) is 19.6 Å². The minimum absolute atomic E-state index is 0.195. The van der Waals surface area contributed by atoms with Gasteiger partial charge in [-0.25, -0.2) is 9.59 Å². The predicted molar refractivity (Wildman–Crippen MR) is 68.5 cm³/mol. The summed E-state index contributed by atoms with van der Waals surface area (Å²) in [5.74, 6) is -0.979. The Morgan fingerprint density at radius 2 is 1.94 bits per heavy atom. The van der Waals surface area contributed by atoms with E-state index in [-0.39, 0.29) is 12.1 Å². The molecule has 2 N–H and O–H groups in total. The number of carbonyl (C=O) groups is 2. The van der Waals surface area contributed by atoms with E-state index in [1.807, 2.05) is 6.92 Å². The van der Waals surface area contributed by atoms with Crippen molar-refractivity contribution in [3.05, 3.63) is 0 Å². The number of piperidine rings is 1. The molecule has 6 heteroatoms. The lowest BCUT2D eigenvalue weighted by atomic mass is 10.1. The van der Waals surface area contributed by atoms with Crippen molar-refractivity contribution in [1.29, 1.82) is 0 Å². The fraction of sp³-hybridized carbons (Fsp3) is 0.833. The van der Waals surface area contributed by atoms with Crippen LogP contribution in [0, 0.1) is 0 Å². The SMILES string of the molecule is CCN(C(=O)N(C)C(C)C(=O)O)C1CCNCC1. The molecule has 18 heavy (non-hydrogen) atoms. The van der Waals surface area contributed by atoms with Crippen LogP contribution in [0.15, 0.2) is 0 Å². The van der Waals surface area contributed by atoms with Crippen molar-refractivity contribution < 1.29 is 14.7 Å². The van der Waals surface area contributed by atoms with E-state index in [1.165, 1.54) is 11.8 Å². The van der Waals surface area contributed by atoms with Gasteiger partial charge < -0.3 is 20.2 Å². The molecule has 0 aromatic heterocycles. The lowest BCUT2D eigenvalue weighted by molar-refractivity contribution is -0.141. The summed E-state index contributed by atoms with van der Waals surface area (Å²) in [7, 11) is 1.55. The van der Waals surface area contributed by atoms with Gasteiger partial charge in [0.1, 0.15) is 6.04 Å². The van der Waals surface area contributed by atoms with Gasteiger partial charge in [0.2, 0.25) is 0 Å². The van der Waals surface area contributed by atoms with Crippen molar-refractivity contribution in [3.63, 3.8) is 0 Å². The Morgan fingerprint density at radius 1 is 1.39 bits per heavy atom. The number of urea groups is 1. The standard InChI is InChI=1S/C12H23N3O3/c1-4-15(10-5-7-13-8-6-10)12(18)14(3)9(2)11(16)17/h9-10,13H,4-8H2,1-3H3,(H,16,17). The molecule has 0 aliphatic carbocycles. The molecule has 1 fully saturated rings. The third kappa shape index (κ3) is 3.35. The van der Waals surface area contributed by atoms with Gasteiger partial charge in [-0.3, -0.25) is 0 Å². The highest BCUT2D eigenvalue weighted by atomic mass is 16.4. The predicted octanol–water partition coefficient (Wildman–Crippen LogP) is 0.585. The Kier molecular flexibility index (Phi) is 5.40. The Labute approximate surface area is 108 Å². The zero-order chi connectivity index (χ0) is 13.7. The normalized spacial score (nSPS) is 18.2. The van der Waals surface area contributed by atoms with E-state index in [4.69, 9.17) is 5.11 Å². The maximum absolute atomic E-state index is 12.3. The average Bonchev–Trinajstić information content (AvgIpc) is 2.38. The highest BCUT2D eigenvalue weighted by Gasteiger charge is 2.30. The molecular formula is C12H23N3O3. The number of hydrogen-bond acceptors (Lipinski definition) is 3. The van der Waals surface area contributed by atoms with Gasteiger partial charge in [-0.1, -0.05) is 0 Å². The summed E-state index contributed by atoms with van der Waals surface area (Å²) in [4.78, 5) is 26.3. The zero-order valence-corrected chi connectivity index (χ0v) is 11.3. The Bertz CT molecular complexity index is 303. The molecule has 1 unspecified atom stereocenters. The number of carbonyl (C=O) groups excluding carboxylic acids is 1. The molecule has 1 atom stereocenters. The smallest absolute Gasteiger partial charge is 0.326 e. The molecular weight excluding hydrogens is 234 g/mol. The fourth-order valence-corrected chi connectivity index (χ4v) is 2.20. The van der Waals surface area contributed by atoms with Crippen molar-refractivity contribution in [2.24, 2.45) is 0 Å². The average molecular weight is 257 g/mol. The maximum Gasteiger partial charge on any atom is 0.326 e. The molecule has 1 rings (SSSR count). The van der Waals surface area contributed by atoms with Gasteiger partial charge in [-0.2, -0.15) is 0 Å². The van der Waals surface area contributed by atoms with Crippen molar-refractivity contribution in [2.45, 2.75) is 38.8 Å². The molecule has 1 saturated heterocycles. The van der Waals surface area contributed by atoms with Gasteiger partial charge in [-0.05, 0) is 39.8 Å². The number of nitrogens with one attached hydrogen (secondary N) is 1. The van der Waals surface area contributed by atoms with Gasteiger partial charge in [0.15, 0.2) is 0 Å². The third-order valence-corrected chi connectivity index (χ3v) is 3.58. The summed E-state index contributed by atoms with van der Waals surface area (Å²) in [6, 6.07) is -0.778. The van der Waals surface area contributed by atoms with Crippen LogP contribution in [0.25, 0.3) is 0 Å². The van der Waals surface area contributed by atoms with Crippen LogP contribution in [0.1, 0.15) is 26.7 Å². The van der Waals surface area contributed by atoms with Gasteiger partial charge in [-0.15, -0.1) is 0 Å². The molecule has 1 heterocycles. The molecule has 0 bridgehead atoms. The minimum atomic E-state index is -0.979. The second-order valence-electron chi connectivity index (χ2n) is 4.67. The second-order valence-corrected chi connectivity index (χ2v) is 4.67. The highest BCUT2D eigenvalue weighted by Crippen LogP contribution is 2.14. The number of nitrogens with zero attached hydrogens (tertiary/aromatic N) is 2. The number of aliphatic carboxylic acids is 1. The summed E-state index contributed by atoms with van der Waals surface area (Å²) in [6.45, 7) is 5.88. The van der Waals surface area contributed by atoms with E-state index in [0.717, 1.165) is 25.9 Å². The van der Waals surface area contributed by atoms with E-state index in [2.05, 4.69) is 5.32 Å². The number of amides is 2. The van der Waals surface area contributed by atoms with Crippen molar-refractivity contribution in [3.8, 4) is 0 Å². The minimum Gasteiger partial charge on any atom is -0.480 e. The molecule has 0 radical (unpaired) electrons. The molecule has 2 amide bonds. The van der Waals surface area contributed by atoms with E-state index >= 15 is 0 Å². The highest BCUT2D eigenvalue weighted by molar-refractivity contribution is 5.82. The third-order valence-electron chi connectivity index (χ3n) is 3.58. The quantitative estimate of drug-likeness (QED) is 0.773. The Morgan fingerprint density at radius 3 is 2.39 bits per heavy atom. The van der Waals surface area contributed by atoms with E-state index < -0.39 is 12.0 Å². The van der Waals surface area contributed by atoms with Gasteiger partial charge in [0.05, 0.1) is 0 Å². The summed E-state index contributed by atoms with van der Waals surface area (Å²) in [6.07, 6.45) is 1.85. The number of likely N-dealkylation sites (N-methyl/N-ethyl adjacent to an activating group) is 1.